The van der Waals surface area contributed by atoms with E-state index in [0.717, 1.165) is 0 Å². The van der Waals surface area contributed by atoms with E-state index in [-0.39, 0.29) is 0 Å². The van der Waals surface area contributed by atoms with Crippen LogP contribution in [0.3, 0.4) is 0 Å². The maximum absolute atomic E-state index is 5.04. The monoisotopic (exact) mass is 278 g/mol. The maximum Gasteiger partial charge on any atom is 0.316 e. The fourth-order valence-electron chi connectivity index (χ4n) is 2.58. The van der Waals surface area contributed by atoms with Crippen LogP contribution >= 0.6 is 0 Å². The van der Waals surface area contributed by atoms with Gasteiger partial charge in [-0.25, -0.2) is 9.97 Å². The molecule has 0 N–H and O–H groups in total. The average Bonchev–Trinajstić information content (AvgIpc) is 2.50. The molecule has 0 saturated heterocycles. The van der Waals surface area contributed by atoms with E-state index in [4.69, 9.17) is 4.74 Å². The van der Waals surface area contributed by atoms with Crippen LogP contribution in [-0.2, 0) is 0 Å². The predicted molar refractivity (Wildman–Crippen MR) is 84.2 cm³/mol. The number of aromatic nitrogens is 2. The van der Waals surface area contributed by atoms with Crippen molar-refractivity contribution in [3.8, 4) is 6.01 Å². The third-order valence-corrected chi connectivity index (χ3v) is 3.86. The lowest BCUT2D eigenvalue weighted by Crippen LogP contribution is -2.02. The molecule has 1 aromatic rings. The van der Waals surface area contributed by atoms with Crippen LogP contribution in [0, 0.1) is 0 Å². The summed E-state index contributed by atoms with van der Waals surface area (Å²) in [5, 5.41) is 0. The van der Waals surface area contributed by atoms with Crippen LogP contribution in [-0.4, -0.2) is 17.1 Å². The zero-order valence-electron chi connectivity index (χ0n) is 13.4. The van der Waals surface area contributed by atoms with Gasteiger partial charge in [0.1, 0.15) is 0 Å². The Hall–Kier alpha value is -1.12. The fourth-order valence-corrected chi connectivity index (χ4v) is 2.58. The van der Waals surface area contributed by atoms with E-state index in [1.807, 2.05) is 12.4 Å². The van der Waals surface area contributed by atoms with E-state index in [2.05, 4.69) is 23.8 Å². The Balaban J connectivity index is 2.54. The molecular weight excluding hydrogens is 248 g/mol. The molecule has 0 aliphatic carbocycles. The summed E-state index contributed by atoms with van der Waals surface area (Å²) in [6.45, 7) is 4.52. The highest BCUT2D eigenvalue weighted by Gasteiger charge is 2.12. The Labute approximate surface area is 124 Å². The molecule has 0 aromatic carbocycles. The lowest BCUT2D eigenvalue weighted by Gasteiger charge is -2.16. The Kier molecular flexibility index (Phi) is 9.01. The van der Waals surface area contributed by atoms with Gasteiger partial charge in [0, 0.05) is 12.4 Å². The third kappa shape index (κ3) is 6.36. The van der Waals surface area contributed by atoms with Gasteiger partial charge in [-0.15, -0.1) is 0 Å². The van der Waals surface area contributed by atoms with E-state index in [1.54, 1.807) is 7.11 Å². The topological polar surface area (TPSA) is 35.0 Å². The van der Waals surface area contributed by atoms with Crippen molar-refractivity contribution in [3.63, 3.8) is 0 Å². The Bertz CT molecular complexity index is 337. The highest BCUT2D eigenvalue weighted by atomic mass is 16.5. The summed E-state index contributed by atoms with van der Waals surface area (Å²) in [4.78, 5) is 8.51. The number of hydrogen-bond acceptors (Lipinski definition) is 3. The molecule has 1 rings (SSSR count). The normalized spacial score (nSPS) is 12.3. The Morgan fingerprint density at radius 1 is 0.900 bits per heavy atom. The molecule has 1 heterocycles. The highest BCUT2D eigenvalue weighted by Crippen LogP contribution is 2.28. The summed E-state index contributed by atoms with van der Waals surface area (Å²) in [5.41, 5.74) is 1.28. The Morgan fingerprint density at radius 2 is 1.45 bits per heavy atom. The molecule has 0 saturated carbocycles. The van der Waals surface area contributed by atoms with Crippen LogP contribution in [0.5, 0.6) is 6.01 Å². The van der Waals surface area contributed by atoms with Gasteiger partial charge in [-0.05, 0) is 24.3 Å². The van der Waals surface area contributed by atoms with Crippen molar-refractivity contribution in [1.29, 1.82) is 0 Å². The molecule has 1 aromatic heterocycles. The Morgan fingerprint density at radius 3 is 2.00 bits per heavy atom. The minimum Gasteiger partial charge on any atom is -0.467 e. The zero-order chi connectivity index (χ0) is 14.6. The lowest BCUT2D eigenvalue weighted by atomic mass is 9.90. The van der Waals surface area contributed by atoms with Crippen molar-refractivity contribution in [2.45, 2.75) is 77.6 Å². The van der Waals surface area contributed by atoms with Gasteiger partial charge in [0.2, 0.25) is 0 Å². The molecule has 3 nitrogen and oxygen atoms in total. The first-order valence-corrected chi connectivity index (χ1v) is 8.17. The van der Waals surface area contributed by atoms with E-state index in [1.165, 1.54) is 63.4 Å². The van der Waals surface area contributed by atoms with Gasteiger partial charge in [0.25, 0.3) is 0 Å². The fraction of sp³-hybridized carbons (Fsp3) is 0.765. The first kappa shape index (κ1) is 16.9. The van der Waals surface area contributed by atoms with Gasteiger partial charge in [-0.2, -0.15) is 0 Å². The summed E-state index contributed by atoms with van der Waals surface area (Å²) in [5.74, 6) is 0.615. The molecule has 1 atom stereocenters. The quantitative estimate of drug-likeness (QED) is 0.527. The second-order valence-corrected chi connectivity index (χ2v) is 5.55. The minimum atomic E-state index is 0.465. The number of methoxy groups -OCH3 is 1. The van der Waals surface area contributed by atoms with Gasteiger partial charge < -0.3 is 4.74 Å². The zero-order valence-corrected chi connectivity index (χ0v) is 13.4. The molecular formula is C17H30N2O. The summed E-state index contributed by atoms with van der Waals surface area (Å²) in [6.07, 6.45) is 15.6. The van der Waals surface area contributed by atoms with Crippen molar-refractivity contribution in [2.75, 3.05) is 7.11 Å². The molecule has 0 aliphatic heterocycles. The molecule has 0 fully saturated rings. The van der Waals surface area contributed by atoms with Gasteiger partial charge >= 0.3 is 6.01 Å². The summed E-state index contributed by atoms with van der Waals surface area (Å²) >= 11 is 0. The smallest absolute Gasteiger partial charge is 0.316 e. The van der Waals surface area contributed by atoms with Crippen LogP contribution in [0.4, 0.5) is 0 Å². The van der Waals surface area contributed by atoms with Crippen molar-refractivity contribution in [1.82, 2.24) is 9.97 Å². The first-order valence-electron chi connectivity index (χ1n) is 8.17. The molecule has 3 heteroatoms. The second-order valence-electron chi connectivity index (χ2n) is 5.55. The number of ether oxygens (including phenoxy) is 1. The third-order valence-electron chi connectivity index (χ3n) is 3.86. The van der Waals surface area contributed by atoms with E-state index in [0.29, 0.717) is 11.9 Å². The van der Waals surface area contributed by atoms with Crippen molar-refractivity contribution >= 4 is 0 Å². The average molecular weight is 278 g/mol. The summed E-state index contributed by atoms with van der Waals surface area (Å²) in [6, 6.07) is 0.465. The molecule has 0 bridgehead atoms. The predicted octanol–water partition coefficient (Wildman–Crippen LogP) is 5.12. The standard InChI is InChI=1S/C17H30N2O/c1-4-6-8-10-12-15(11-9-7-5-2)16-13-18-17(20-3)19-14-16/h13-15H,4-12H2,1-3H3. The second kappa shape index (κ2) is 10.6. The lowest BCUT2D eigenvalue weighted by molar-refractivity contribution is 0.378. The number of unbranched alkanes of at least 4 members (excludes halogenated alkanes) is 5. The number of hydrogen-bond donors (Lipinski definition) is 0. The van der Waals surface area contributed by atoms with Gasteiger partial charge in [0.15, 0.2) is 0 Å². The molecule has 20 heavy (non-hydrogen) atoms. The SMILES string of the molecule is CCCCCCC(CCCCC)c1cnc(OC)nc1. The van der Waals surface area contributed by atoms with Crippen molar-refractivity contribution in [3.05, 3.63) is 18.0 Å². The van der Waals surface area contributed by atoms with Crippen LogP contribution in [0.15, 0.2) is 12.4 Å². The van der Waals surface area contributed by atoms with Gasteiger partial charge in [0.05, 0.1) is 7.11 Å². The molecule has 0 aliphatic rings. The van der Waals surface area contributed by atoms with Gasteiger partial charge in [-0.1, -0.05) is 58.8 Å². The highest BCUT2D eigenvalue weighted by molar-refractivity contribution is 5.13. The van der Waals surface area contributed by atoms with Crippen LogP contribution in [0.2, 0.25) is 0 Å². The summed E-state index contributed by atoms with van der Waals surface area (Å²) < 4.78 is 5.04. The molecule has 0 spiro atoms. The van der Waals surface area contributed by atoms with E-state index in [9.17, 15) is 0 Å². The molecule has 114 valence electrons. The van der Waals surface area contributed by atoms with E-state index >= 15 is 0 Å². The van der Waals surface area contributed by atoms with Gasteiger partial charge in [-0.3, -0.25) is 0 Å². The van der Waals surface area contributed by atoms with Crippen LogP contribution in [0.1, 0.15) is 83.1 Å². The first-order chi connectivity index (χ1) is 9.81. The summed E-state index contributed by atoms with van der Waals surface area (Å²) in [7, 11) is 1.61. The van der Waals surface area contributed by atoms with Crippen LogP contribution in [0.25, 0.3) is 0 Å². The minimum absolute atomic E-state index is 0.465. The molecule has 1 unspecified atom stereocenters. The van der Waals surface area contributed by atoms with Crippen molar-refractivity contribution in [2.24, 2.45) is 0 Å². The molecule has 0 radical (unpaired) electrons. The number of rotatable bonds is 11. The number of nitrogens with zero attached hydrogens (tertiary/aromatic N) is 2. The van der Waals surface area contributed by atoms with Crippen molar-refractivity contribution < 1.29 is 4.74 Å². The van der Waals surface area contributed by atoms with E-state index < -0.39 is 0 Å². The molecule has 0 amide bonds. The van der Waals surface area contributed by atoms with Crippen LogP contribution < -0.4 is 4.74 Å². The largest absolute Gasteiger partial charge is 0.467 e. The maximum atomic E-state index is 5.04.